The number of benzene rings is 1. The molecule has 1 aromatic heterocycles. The Bertz CT molecular complexity index is 906. The van der Waals surface area contributed by atoms with Gasteiger partial charge >= 0.3 is 6.09 Å². The zero-order valence-corrected chi connectivity index (χ0v) is 19.8. The SMILES string of the molecule is CCOc1ccc(CN(C)C(=O)c2cccn2C2CCN(C(=O)OC(C)(C)C)CC2)cc1. The molecule has 0 saturated carbocycles. The summed E-state index contributed by atoms with van der Waals surface area (Å²) in [6.45, 7) is 9.97. The Kier molecular flexibility index (Phi) is 7.48. The number of amides is 2. The number of piperidine rings is 1. The van der Waals surface area contributed by atoms with Crippen LogP contribution in [0.1, 0.15) is 62.6 Å². The molecule has 1 aromatic carbocycles. The van der Waals surface area contributed by atoms with Crippen LogP contribution in [-0.2, 0) is 11.3 Å². The van der Waals surface area contributed by atoms with Crippen LogP contribution in [0.4, 0.5) is 4.79 Å². The fraction of sp³-hybridized carbons (Fsp3) is 0.520. The molecular weight excluding hydrogens is 406 g/mol. The van der Waals surface area contributed by atoms with Crippen molar-refractivity contribution >= 4 is 12.0 Å². The summed E-state index contributed by atoms with van der Waals surface area (Å²) in [5.41, 5.74) is 1.23. The highest BCUT2D eigenvalue weighted by Crippen LogP contribution is 2.26. The van der Waals surface area contributed by atoms with Crippen molar-refractivity contribution in [1.29, 1.82) is 0 Å². The van der Waals surface area contributed by atoms with Crippen molar-refractivity contribution in [2.45, 2.75) is 58.7 Å². The van der Waals surface area contributed by atoms with Crippen molar-refractivity contribution < 1.29 is 19.1 Å². The molecule has 7 heteroatoms. The van der Waals surface area contributed by atoms with Crippen LogP contribution in [-0.4, -0.2) is 58.7 Å². The highest BCUT2D eigenvalue weighted by molar-refractivity contribution is 5.92. The number of carbonyl (C=O) groups is 2. The number of carbonyl (C=O) groups excluding carboxylic acids is 2. The van der Waals surface area contributed by atoms with Crippen molar-refractivity contribution in [3.63, 3.8) is 0 Å². The molecular formula is C25H35N3O4. The van der Waals surface area contributed by atoms with Crippen LogP contribution in [0.5, 0.6) is 5.75 Å². The van der Waals surface area contributed by atoms with E-state index < -0.39 is 5.60 Å². The topological polar surface area (TPSA) is 64.0 Å². The van der Waals surface area contributed by atoms with Gasteiger partial charge in [0.15, 0.2) is 0 Å². The number of likely N-dealkylation sites (tertiary alicyclic amines) is 1. The van der Waals surface area contributed by atoms with E-state index in [0.29, 0.717) is 31.9 Å². The normalized spacial score (nSPS) is 14.8. The molecule has 0 N–H and O–H groups in total. The van der Waals surface area contributed by atoms with E-state index in [0.717, 1.165) is 24.2 Å². The maximum absolute atomic E-state index is 13.2. The van der Waals surface area contributed by atoms with Crippen LogP contribution in [0.3, 0.4) is 0 Å². The third-order valence-corrected chi connectivity index (χ3v) is 5.51. The Morgan fingerprint density at radius 3 is 2.34 bits per heavy atom. The monoisotopic (exact) mass is 441 g/mol. The van der Waals surface area contributed by atoms with Crippen molar-refractivity contribution in [3.05, 3.63) is 53.9 Å². The molecule has 174 valence electrons. The summed E-state index contributed by atoms with van der Waals surface area (Å²) in [4.78, 5) is 29.0. The van der Waals surface area contributed by atoms with Crippen LogP contribution >= 0.6 is 0 Å². The average molecular weight is 442 g/mol. The smallest absolute Gasteiger partial charge is 0.410 e. The van der Waals surface area contributed by atoms with Gasteiger partial charge in [-0.05, 0) is 70.4 Å². The lowest BCUT2D eigenvalue weighted by Gasteiger charge is -2.34. The quantitative estimate of drug-likeness (QED) is 0.650. The van der Waals surface area contributed by atoms with Gasteiger partial charge in [0.05, 0.1) is 6.61 Å². The maximum Gasteiger partial charge on any atom is 0.410 e. The average Bonchev–Trinajstić information content (AvgIpc) is 3.23. The van der Waals surface area contributed by atoms with Gasteiger partial charge in [0.1, 0.15) is 17.0 Å². The first-order valence-electron chi connectivity index (χ1n) is 11.3. The number of ether oxygens (including phenoxy) is 2. The summed E-state index contributed by atoms with van der Waals surface area (Å²) in [6.07, 6.45) is 3.27. The van der Waals surface area contributed by atoms with Crippen LogP contribution in [0.15, 0.2) is 42.6 Å². The third kappa shape index (κ3) is 6.05. The van der Waals surface area contributed by atoms with Gasteiger partial charge in [0.25, 0.3) is 5.91 Å². The molecule has 3 rings (SSSR count). The Balaban J connectivity index is 1.60. The molecule has 32 heavy (non-hydrogen) atoms. The predicted octanol–water partition coefficient (Wildman–Crippen LogP) is 4.73. The second-order valence-electron chi connectivity index (χ2n) is 9.24. The Hall–Kier alpha value is -2.96. The predicted molar refractivity (Wildman–Crippen MR) is 124 cm³/mol. The van der Waals surface area contributed by atoms with Crippen molar-refractivity contribution in [3.8, 4) is 5.75 Å². The lowest BCUT2D eigenvalue weighted by atomic mass is 10.0. The lowest BCUT2D eigenvalue weighted by Crippen LogP contribution is -2.42. The number of nitrogens with zero attached hydrogens (tertiary/aromatic N) is 3. The van der Waals surface area contributed by atoms with E-state index in [1.807, 2.05) is 77.3 Å². The minimum atomic E-state index is -0.498. The zero-order chi connectivity index (χ0) is 23.3. The summed E-state index contributed by atoms with van der Waals surface area (Å²) >= 11 is 0. The minimum absolute atomic E-state index is 0.0153. The molecule has 0 radical (unpaired) electrons. The number of aromatic nitrogens is 1. The molecule has 0 atom stereocenters. The van der Waals surface area contributed by atoms with E-state index in [2.05, 4.69) is 4.57 Å². The summed E-state index contributed by atoms with van der Waals surface area (Å²) in [6, 6.07) is 11.8. The molecule has 7 nitrogen and oxygen atoms in total. The minimum Gasteiger partial charge on any atom is -0.494 e. The first kappa shape index (κ1) is 23.7. The Labute approximate surface area is 190 Å². The summed E-state index contributed by atoms with van der Waals surface area (Å²) in [7, 11) is 1.82. The van der Waals surface area contributed by atoms with Crippen molar-refractivity contribution in [2.24, 2.45) is 0 Å². The molecule has 0 spiro atoms. The molecule has 2 aromatic rings. The molecule has 0 unspecified atom stereocenters. The standard InChI is InChI=1S/C25H35N3O4/c1-6-31-21-11-9-19(10-12-21)18-26(5)23(29)22-8-7-15-28(22)20-13-16-27(17-14-20)24(30)32-25(2,3)4/h7-12,15,20H,6,13-14,16-18H2,1-5H3. The molecule has 1 aliphatic heterocycles. The largest absolute Gasteiger partial charge is 0.494 e. The summed E-state index contributed by atoms with van der Waals surface area (Å²) in [5.74, 6) is 0.815. The zero-order valence-electron chi connectivity index (χ0n) is 19.8. The van der Waals surface area contributed by atoms with E-state index in [4.69, 9.17) is 9.47 Å². The fourth-order valence-electron chi connectivity index (χ4n) is 3.95. The third-order valence-electron chi connectivity index (χ3n) is 5.51. The first-order valence-corrected chi connectivity index (χ1v) is 11.3. The summed E-state index contributed by atoms with van der Waals surface area (Å²) in [5, 5.41) is 0. The summed E-state index contributed by atoms with van der Waals surface area (Å²) < 4.78 is 13.0. The van der Waals surface area contributed by atoms with Gasteiger partial charge < -0.3 is 23.8 Å². The van der Waals surface area contributed by atoms with E-state index in [-0.39, 0.29) is 18.0 Å². The van der Waals surface area contributed by atoms with Crippen LogP contribution in [0.2, 0.25) is 0 Å². The van der Waals surface area contributed by atoms with Gasteiger partial charge in [-0.2, -0.15) is 0 Å². The Morgan fingerprint density at radius 1 is 1.09 bits per heavy atom. The fourth-order valence-corrected chi connectivity index (χ4v) is 3.95. The van der Waals surface area contributed by atoms with Crippen LogP contribution in [0, 0.1) is 0 Å². The van der Waals surface area contributed by atoms with Gasteiger partial charge in [0.2, 0.25) is 0 Å². The maximum atomic E-state index is 13.2. The van der Waals surface area contributed by atoms with E-state index in [1.54, 1.807) is 9.80 Å². The Morgan fingerprint density at radius 2 is 1.75 bits per heavy atom. The number of rotatable bonds is 6. The molecule has 0 aliphatic carbocycles. The van der Waals surface area contributed by atoms with E-state index in [9.17, 15) is 9.59 Å². The lowest BCUT2D eigenvalue weighted by molar-refractivity contribution is 0.0186. The van der Waals surface area contributed by atoms with Gasteiger partial charge in [-0.25, -0.2) is 4.79 Å². The molecule has 2 heterocycles. The second kappa shape index (κ2) is 10.1. The van der Waals surface area contributed by atoms with Gasteiger partial charge in [-0.1, -0.05) is 12.1 Å². The molecule has 2 amide bonds. The van der Waals surface area contributed by atoms with Gasteiger partial charge in [0, 0.05) is 38.9 Å². The van der Waals surface area contributed by atoms with Crippen LogP contribution in [0.25, 0.3) is 0 Å². The van der Waals surface area contributed by atoms with Crippen molar-refractivity contribution in [1.82, 2.24) is 14.4 Å². The second-order valence-corrected chi connectivity index (χ2v) is 9.24. The molecule has 0 bridgehead atoms. The van der Waals surface area contributed by atoms with Crippen LogP contribution < -0.4 is 4.74 Å². The van der Waals surface area contributed by atoms with Gasteiger partial charge in [-0.3, -0.25) is 4.79 Å². The van der Waals surface area contributed by atoms with E-state index >= 15 is 0 Å². The molecule has 1 saturated heterocycles. The van der Waals surface area contributed by atoms with Gasteiger partial charge in [-0.15, -0.1) is 0 Å². The highest BCUT2D eigenvalue weighted by Gasteiger charge is 2.29. The number of hydrogen-bond acceptors (Lipinski definition) is 4. The number of hydrogen-bond donors (Lipinski definition) is 0. The molecule has 1 aliphatic rings. The van der Waals surface area contributed by atoms with E-state index in [1.165, 1.54) is 0 Å². The first-order chi connectivity index (χ1) is 15.2. The molecule has 1 fully saturated rings. The van der Waals surface area contributed by atoms with Crippen molar-refractivity contribution in [2.75, 3.05) is 26.7 Å². The highest BCUT2D eigenvalue weighted by atomic mass is 16.6.